The fraction of sp³-hybridized carbons (Fsp3) is 0.278. The molecule has 0 saturated carbocycles. The monoisotopic (exact) mass is 349 g/mol. The van der Waals surface area contributed by atoms with Crippen molar-refractivity contribution in [3.63, 3.8) is 0 Å². The summed E-state index contributed by atoms with van der Waals surface area (Å²) in [4.78, 5) is 13.1. The standard InChI is InChI=1S/C18H20ClNO2S/c1-13-5-3-4-6-17(13)22-12-11-20-18(21)14(2)23-16-9-7-15(19)8-10-16/h3-10,14H,11-12H2,1-2H3,(H,20,21). The predicted octanol–water partition coefficient (Wildman–Crippen LogP) is 4.32. The number of ether oxygens (including phenoxy) is 1. The van der Waals surface area contributed by atoms with Crippen molar-refractivity contribution in [3.8, 4) is 5.75 Å². The normalized spacial score (nSPS) is 11.8. The van der Waals surface area contributed by atoms with E-state index in [9.17, 15) is 4.79 Å². The van der Waals surface area contributed by atoms with Gasteiger partial charge in [0.2, 0.25) is 5.91 Å². The SMILES string of the molecule is Cc1ccccc1OCCNC(=O)C(C)Sc1ccc(Cl)cc1. The molecule has 122 valence electrons. The van der Waals surface area contributed by atoms with Crippen molar-refractivity contribution in [3.05, 3.63) is 59.1 Å². The summed E-state index contributed by atoms with van der Waals surface area (Å²) >= 11 is 7.36. The van der Waals surface area contributed by atoms with Crippen LogP contribution in [-0.4, -0.2) is 24.3 Å². The highest BCUT2D eigenvalue weighted by Gasteiger charge is 2.13. The zero-order chi connectivity index (χ0) is 16.7. The number of thioether (sulfide) groups is 1. The molecular weight excluding hydrogens is 330 g/mol. The molecule has 0 heterocycles. The molecule has 23 heavy (non-hydrogen) atoms. The van der Waals surface area contributed by atoms with E-state index in [0.717, 1.165) is 16.2 Å². The number of amides is 1. The molecule has 3 nitrogen and oxygen atoms in total. The lowest BCUT2D eigenvalue weighted by atomic mass is 10.2. The lowest BCUT2D eigenvalue weighted by Gasteiger charge is -2.13. The van der Waals surface area contributed by atoms with Gasteiger partial charge in [-0.3, -0.25) is 4.79 Å². The maximum atomic E-state index is 12.1. The summed E-state index contributed by atoms with van der Waals surface area (Å²) in [6, 6.07) is 15.3. The Balaban J connectivity index is 1.72. The zero-order valence-corrected chi connectivity index (χ0v) is 14.8. The summed E-state index contributed by atoms with van der Waals surface area (Å²) in [6.45, 7) is 4.82. The number of aryl methyl sites for hydroxylation is 1. The number of nitrogens with one attached hydrogen (secondary N) is 1. The van der Waals surface area contributed by atoms with Gasteiger partial charge < -0.3 is 10.1 Å². The van der Waals surface area contributed by atoms with Gasteiger partial charge in [-0.25, -0.2) is 0 Å². The fourth-order valence-corrected chi connectivity index (χ4v) is 2.99. The molecule has 1 atom stereocenters. The quantitative estimate of drug-likeness (QED) is 0.597. The van der Waals surface area contributed by atoms with Crippen LogP contribution in [0.4, 0.5) is 0 Å². The minimum atomic E-state index is -0.172. The van der Waals surface area contributed by atoms with Crippen LogP contribution in [0.3, 0.4) is 0 Å². The molecular formula is C18H20ClNO2S. The smallest absolute Gasteiger partial charge is 0.233 e. The highest BCUT2D eigenvalue weighted by molar-refractivity contribution is 8.00. The first-order chi connectivity index (χ1) is 11.1. The van der Waals surface area contributed by atoms with Crippen LogP contribution in [0.5, 0.6) is 5.75 Å². The second-order valence-corrected chi connectivity index (χ2v) is 6.97. The fourth-order valence-electron chi connectivity index (χ4n) is 1.97. The van der Waals surface area contributed by atoms with Crippen LogP contribution in [0.25, 0.3) is 0 Å². The molecule has 1 unspecified atom stereocenters. The van der Waals surface area contributed by atoms with E-state index in [1.54, 1.807) is 0 Å². The third kappa shape index (κ3) is 5.81. The van der Waals surface area contributed by atoms with E-state index in [2.05, 4.69) is 5.32 Å². The molecule has 1 N–H and O–H groups in total. The molecule has 2 aromatic rings. The van der Waals surface area contributed by atoms with Crippen molar-refractivity contribution >= 4 is 29.3 Å². The summed E-state index contributed by atoms with van der Waals surface area (Å²) in [5, 5.41) is 3.42. The van der Waals surface area contributed by atoms with Gasteiger partial charge in [0.15, 0.2) is 0 Å². The number of carbonyl (C=O) groups is 1. The molecule has 0 spiro atoms. The minimum Gasteiger partial charge on any atom is -0.491 e. The van der Waals surface area contributed by atoms with Crippen molar-refractivity contribution in [1.82, 2.24) is 5.32 Å². The largest absolute Gasteiger partial charge is 0.491 e. The van der Waals surface area contributed by atoms with Gasteiger partial charge in [0.1, 0.15) is 12.4 Å². The lowest BCUT2D eigenvalue weighted by molar-refractivity contribution is -0.120. The van der Waals surface area contributed by atoms with Crippen LogP contribution in [0.15, 0.2) is 53.4 Å². The van der Waals surface area contributed by atoms with Crippen LogP contribution >= 0.6 is 23.4 Å². The van der Waals surface area contributed by atoms with Gasteiger partial charge >= 0.3 is 0 Å². The molecule has 5 heteroatoms. The molecule has 2 rings (SSSR count). The van der Waals surface area contributed by atoms with E-state index >= 15 is 0 Å². The van der Waals surface area contributed by atoms with E-state index in [0.29, 0.717) is 18.2 Å². The number of hydrogen-bond donors (Lipinski definition) is 1. The van der Waals surface area contributed by atoms with Crippen molar-refractivity contribution in [2.75, 3.05) is 13.2 Å². The first-order valence-corrected chi connectivity index (χ1v) is 8.70. The van der Waals surface area contributed by atoms with E-state index < -0.39 is 0 Å². The number of hydrogen-bond acceptors (Lipinski definition) is 3. The van der Waals surface area contributed by atoms with Gasteiger partial charge in [-0.2, -0.15) is 0 Å². The molecule has 0 aliphatic rings. The molecule has 0 fully saturated rings. The Labute approximate surface area is 146 Å². The lowest BCUT2D eigenvalue weighted by Crippen LogP contribution is -2.34. The summed E-state index contributed by atoms with van der Waals surface area (Å²) in [5.41, 5.74) is 1.09. The average molecular weight is 350 g/mol. The van der Waals surface area contributed by atoms with E-state index in [1.165, 1.54) is 11.8 Å². The molecule has 0 aliphatic carbocycles. The van der Waals surface area contributed by atoms with Gasteiger partial charge in [-0.1, -0.05) is 29.8 Å². The first kappa shape index (κ1) is 17.7. The van der Waals surface area contributed by atoms with Crippen molar-refractivity contribution in [2.24, 2.45) is 0 Å². The predicted molar refractivity (Wildman–Crippen MR) is 96.5 cm³/mol. The van der Waals surface area contributed by atoms with Crippen LogP contribution in [0, 0.1) is 6.92 Å². The average Bonchev–Trinajstić information content (AvgIpc) is 2.55. The Kier molecular flexibility index (Phi) is 6.81. The minimum absolute atomic E-state index is 0.00154. The Hall–Kier alpha value is -1.65. The van der Waals surface area contributed by atoms with Crippen LogP contribution < -0.4 is 10.1 Å². The zero-order valence-electron chi connectivity index (χ0n) is 13.2. The van der Waals surface area contributed by atoms with Gasteiger partial charge in [0, 0.05) is 9.92 Å². The summed E-state index contributed by atoms with van der Waals surface area (Å²) < 4.78 is 5.66. The molecule has 2 aromatic carbocycles. The Bertz CT molecular complexity index is 646. The molecule has 0 bridgehead atoms. The number of carbonyl (C=O) groups excluding carboxylic acids is 1. The van der Waals surface area contributed by atoms with Gasteiger partial charge in [-0.15, -0.1) is 11.8 Å². The molecule has 1 amide bonds. The molecule has 0 aromatic heterocycles. The number of benzene rings is 2. The molecule has 0 radical (unpaired) electrons. The highest BCUT2D eigenvalue weighted by Crippen LogP contribution is 2.24. The van der Waals surface area contributed by atoms with Crippen molar-refractivity contribution in [2.45, 2.75) is 24.0 Å². The Morgan fingerprint density at radius 3 is 2.61 bits per heavy atom. The van der Waals surface area contributed by atoms with Crippen molar-refractivity contribution < 1.29 is 9.53 Å². The Morgan fingerprint density at radius 1 is 1.22 bits per heavy atom. The molecule has 0 saturated heterocycles. The van der Waals surface area contributed by atoms with Gasteiger partial charge in [0.05, 0.1) is 11.8 Å². The topological polar surface area (TPSA) is 38.3 Å². The third-order valence-electron chi connectivity index (χ3n) is 3.25. The Morgan fingerprint density at radius 2 is 1.91 bits per heavy atom. The van der Waals surface area contributed by atoms with Gasteiger partial charge in [0.25, 0.3) is 0 Å². The summed E-state index contributed by atoms with van der Waals surface area (Å²) in [6.07, 6.45) is 0. The molecule has 0 aliphatic heterocycles. The van der Waals surface area contributed by atoms with Crippen LogP contribution in [0.2, 0.25) is 5.02 Å². The number of rotatable bonds is 7. The maximum absolute atomic E-state index is 12.1. The third-order valence-corrected chi connectivity index (χ3v) is 4.61. The van der Waals surface area contributed by atoms with E-state index in [-0.39, 0.29) is 11.2 Å². The summed E-state index contributed by atoms with van der Waals surface area (Å²) in [5.74, 6) is 0.851. The van der Waals surface area contributed by atoms with Crippen molar-refractivity contribution in [1.29, 1.82) is 0 Å². The first-order valence-electron chi connectivity index (χ1n) is 7.44. The van der Waals surface area contributed by atoms with E-state index in [4.69, 9.17) is 16.3 Å². The second kappa shape index (κ2) is 8.85. The second-order valence-electron chi connectivity index (χ2n) is 5.12. The van der Waals surface area contributed by atoms with E-state index in [1.807, 2.05) is 62.4 Å². The van der Waals surface area contributed by atoms with Crippen LogP contribution in [-0.2, 0) is 4.79 Å². The number of para-hydroxylation sites is 1. The van der Waals surface area contributed by atoms with Crippen LogP contribution in [0.1, 0.15) is 12.5 Å². The van der Waals surface area contributed by atoms with Gasteiger partial charge in [-0.05, 0) is 49.7 Å². The number of halogens is 1. The maximum Gasteiger partial charge on any atom is 0.233 e. The highest BCUT2D eigenvalue weighted by atomic mass is 35.5. The summed E-state index contributed by atoms with van der Waals surface area (Å²) in [7, 11) is 0.